The summed E-state index contributed by atoms with van der Waals surface area (Å²) < 4.78 is 4.91. The maximum atomic E-state index is 11.9. The summed E-state index contributed by atoms with van der Waals surface area (Å²) >= 11 is 1.44. The van der Waals surface area contributed by atoms with Gasteiger partial charge in [0.2, 0.25) is 5.91 Å². The van der Waals surface area contributed by atoms with E-state index in [2.05, 4.69) is 29.3 Å². The lowest BCUT2D eigenvalue weighted by molar-refractivity contribution is -0.115. The van der Waals surface area contributed by atoms with Gasteiger partial charge in [-0.05, 0) is 12.8 Å². The van der Waals surface area contributed by atoms with E-state index in [1.54, 1.807) is 13.1 Å². The van der Waals surface area contributed by atoms with Crippen molar-refractivity contribution in [2.24, 2.45) is 0 Å². The molecule has 2 heterocycles. The van der Waals surface area contributed by atoms with Gasteiger partial charge in [-0.25, -0.2) is 4.98 Å². The Morgan fingerprint density at radius 1 is 1.60 bits per heavy atom. The number of nitrogens with one attached hydrogen (secondary N) is 1. The zero-order valence-electron chi connectivity index (χ0n) is 11.4. The summed E-state index contributed by atoms with van der Waals surface area (Å²) in [6.45, 7) is 5.77. The summed E-state index contributed by atoms with van der Waals surface area (Å²) in [7, 11) is 0. The van der Waals surface area contributed by atoms with Crippen molar-refractivity contribution < 1.29 is 9.32 Å². The number of carbonyl (C=O) groups excluding carboxylic acids is 1. The third kappa shape index (κ3) is 3.03. The van der Waals surface area contributed by atoms with E-state index in [-0.39, 0.29) is 12.3 Å². The van der Waals surface area contributed by atoms with Crippen molar-refractivity contribution in [3.8, 4) is 6.07 Å². The van der Waals surface area contributed by atoms with Crippen molar-refractivity contribution in [3.63, 3.8) is 0 Å². The summed E-state index contributed by atoms with van der Waals surface area (Å²) in [5, 5.41) is 15.9. The first kappa shape index (κ1) is 14.2. The second kappa shape index (κ2) is 5.84. The molecular formula is C13H14N4O2S. The van der Waals surface area contributed by atoms with Crippen LogP contribution in [-0.2, 0) is 11.2 Å². The average molecular weight is 290 g/mol. The zero-order valence-corrected chi connectivity index (χ0v) is 12.2. The summed E-state index contributed by atoms with van der Waals surface area (Å²) in [4.78, 5) is 17.2. The van der Waals surface area contributed by atoms with Crippen LogP contribution in [0.15, 0.2) is 10.7 Å². The molecule has 0 saturated heterocycles. The Morgan fingerprint density at radius 3 is 2.95 bits per heavy atom. The summed E-state index contributed by atoms with van der Waals surface area (Å²) in [5.74, 6) is 0.535. The van der Waals surface area contributed by atoms with Gasteiger partial charge in [-0.2, -0.15) is 5.26 Å². The van der Waals surface area contributed by atoms with Gasteiger partial charge in [0.15, 0.2) is 10.9 Å². The molecule has 0 aromatic carbocycles. The lowest BCUT2D eigenvalue weighted by Gasteiger charge is -1.99. The molecule has 1 amide bonds. The highest BCUT2D eigenvalue weighted by Crippen LogP contribution is 2.25. The van der Waals surface area contributed by atoms with E-state index in [0.717, 1.165) is 4.88 Å². The van der Waals surface area contributed by atoms with Crippen LogP contribution in [0.2, 0.25) is 0 Å². The number of thiazole rings is 1. The summed E-state index contributed by atoms with van der Waals surface area (Å²) in [6.07, 6.45) is 1.75. The van der Waals surface area contributed by atoms with E-state index in [0.29, 0.717) is 28.1 Å². The van der Waals surface area contributed by atoms with E-state index in [4.69, 9.17) is 9.78 Å². The van der Waals surface area contributed by atoms with Crippen molar-refractivity contribution >= 4 is 22.4 Å². The quantitative estimate of drug-likeness (QED) is 0.934. The number of carbonyl (C=O) groups is 1. The van der Waals surface area contributed by atoms with Crippen LogP contribution >= 0.6 is 11.3 Å². The molecule has 20 heavy (non-hydrogen) atoms. The maximum Gasteiger partial charge on any atom is 0.232 e. The van der Waals surface area contributed by atoms with Crippen molar-refractivity contribution in [3.05, 3.63) is 28.1 Å². The lowest BCUT2D eigenvalue weighted by Crippen LogP contribution is -2.15. The molecule has 7 heteroatoms. The minimum Gasteiger partial charge on any atom is -0.360 e. The summed E-state index contributed by atoms with van der Waals surface area (Å²) in [6, 6.07) is 1.98. The number of hydrogen-bond acceptors (Lipinski definition) is 6. The van der Waals surface area contributed by atoms with Crippen LogP contribution in [0.3, 0.4) is 0 Å². The van der Waals surface area contributed by atoms with Crippen molar-refractivity contribution in [1.82, 2.24) is 10.1 Å². The monoisotopic (exact) mass is 290 g/mol. The molecule has 0 spiro atoms. The highest BCUT2D eigenvalue weighted by Gasteiger charge is 2.16. The van der Waals surface area contributed by atoms with E-state index in [1.165, 1.54) is 11.3 Å². The second-order valence-corrected chi connectivity index (χ2v) is 5.68. The first-order chi connectivity index (χ1) is 9.51. The second-order valence-electron chi connectivity index (χ2n) is 4.62. The number of hydrogen-bond donors (Lipinski definition) is 1. The Balaban J connectivity index is 2.03. The van der Waals surface area contributed by atoms with Gasteiger partial charge in [0, 0.05) is 11.1 Å². The largest absolute Gasteiger partial charge is 0.360 e. The van der Waals surface area contributed by atoms with Crippen LogP contribution < -0.4 is 5.32 Å². The molecule has 2 aromatic rings. The van der Waals surface area contributed by atoms with Crippen LogP contribution in [0.1, 0.15) is 41.7 Å². The number of amides is 1. The third-order valence-corrected chi connectivity index (χ3v) is 3.93. The maximum absolute atomic E-state index is 11.9. The van der Waals surface area contributed by atoms with Gasteiger partial charge in [-0.15, -0.1) is 11.3 Å². The Morgan fingerprint density at radius 2 is 2.35 bits per heavy atom. The predicted molar refractivity (Wildman–Crippen MR) is 74.5 cm³/mol. The molecule has 104 valence electrons. The molecule has 0 bridgehead atoms. The molecule has 0 atom stereocenters. The number of nitriles is 1. The van der Waals surface area contributed by atoms with Gasteiger partial charge in [0.05, 0.1) is 6.42 Å². The molecule has 2 rings (SSSR count). The number of rotatable bonds is 4. The highest BCUT2D eigenvalue weighted by molar-refractivity contribution is 7.15. The van der Waals surface area contributed by atoms with Crippen molar-refractivity contribution in [1.29, 1.82) is 5.26 Å². The molecule has 0 aliphatic heterocycles. The van der Waals surface area contributed by atoms with Crippen LogP contribution in [0, 0.1) is 18.3 Å². The standard InChI is InChI=1S/C13H14N4O2S/c1-7(2)11-6-15-13(20-11)16-12(18)4-10-9(5-14)8(3)19-17-10/h6-7H,4H2,1-3H3,(H,15,16,18). The SMILES string of the molecule is Cc1onc(CC(=O)Nc2ncc(C(C)C)s2)c1C#N. The average Bonchev–Trinajstić information content (AvgIpc) is 2.97. The van der Waals surface area contributed by atoms with Gasteiger partial charge < -0.3 is 9.84 Å². The van der Waals surface area contributed by atoms with E-state index >= 15 is 0 Å². The number of nitrogens with zero attached hydrogens (tertiary/aromatic N) is 3. The molecule has 0 radical (unpaired) electrons. The van der Waals surface area contributed by atoms with Crippen molar-refractivity contribution in [2.75, 3.05) is 5.32 Å². The molecule has 0 unspecified atom stereocenters. The fraction of sp³-hybridized carbons (Fsp3) is 0.385. The zero-order chi connectivity index (χ0) is 14.7. The number of aryl methyl sites for hydroxylation is 1. The molecule has 0 aliphatic carbocycles. The fourth-order valence-corrected chi connectivity index (χ4v) is 2.44. The molecule has 0 saturated carbocycles. The predicted octanol–water partition coefficient (Wildman–Crippen LogP) is 2.62. The lowest BCUT2D eigenvalue weighted by atomic mass is 10.1. The van der Waals surface area contributed by atoms with E-state index in [9.17, 15) is 4.79 Å². The molecule has 6 nitrogen and oxygen atoms in total. The van der Waals surface area contributed by atoms with Crippen molar-refractivity contribution in [2.45, 2.75) is 33.1 Å². The normalized spacial score (nSPS) is 10.6. The van der Waals surface area contributed by atoms with Gasteiger partial charge in [0.1, 0.15) is 17.3 Å². The first-order valence-electron chi connectivity index (χ1n) is 6.12. The Hall–Kier alpha value is -2.20. The van der Waals surface area contributed by atoms with Crippen LogP contribution in [0.25, 0.3) is 0 Å². The third-order valence-electron chi connectivity index (χ3n) is 2.71. The minimum atomic E-state index is -0.264. The highest BCUT2D eigenvalue weighted by atomic mass is 32.1. The Kier molecular flexibility index (Phi) is 4.15. The van der Waals surface area contributed by atoms with Crippen LogP contribution in [-0.4, -0.2) is 16.0 Å². The molecular weight excluding hydrogens is 276 g/mol. The molecule has 0 aliphatic rings. The first-order valence-corrected chi connectivity index (χ1v) is 6.93. The molecule has 1 N–H and O–H groups in total. The molecule has 0 fully saturated rings. The topological polar surface area (TPSA) is 91.8 Å². The molecule has 2 aromatic heterocycles. The van der Waals surface area contributed by atoms with Gasteiger partial charge >= 0.3 is 0 Å². The smallest absolute Gasteiger partial charge is 0.232 e. The van der Waals surface area contributed by atoms with Gasteiger partial charge in [-0.1, -0.05) is 19.0 Å². The Labute approximate surface area is 120 Å². The number of anilines is 1. The summed E-state index contributed by atoms with van der Waals surface area (Å²) in [5.41, 5.74) is 0.672. The fourth-order valence-electron chi connectivity index (χ4n) is 1.61. The van der Waals surface area contributed by atoms with E-state index < -0.39 is 0 Å². The van der Waals surface area contributed by atoms with Gasteiger partial charge in [0.25, 0.3) is 0 Å². The van der Waals surface area contributed by atoms with Crippen LogP contribution in [0.5, 0.6) is 0 Å². The van der Waals surface area contributed by atoms with E-state index in [1.807, 2.05) is 6.07 Å². The Bertz CT molecular complexity index is 666. The minimum absolute atomic E-state index is 0.00315. The number of aromatic nitrogens is 2. The van der Waals surface area contributed by atoms with Gasteiger partial charge in [-0.3, -0.25) is 4.79 Å². The van der Waals surface area contributed by atoms with Crippen LogP contribution in [0.4, 0.5) is 5.13 Å².